The van der Waals surface area contributed by atoms with Gasteiger partial charge >= 0.3 is 0 Å². The van der Waals surface area contributed by atoms with Crippen LogP contribution in [-0.4, -0.2) is 24.4 Å². The van der Waals surface area contributed by atoms with Crippen molar-refractivity contribution in [3.63, 3.8) is 0 Å². The highest BCUT2D eigenvalue weighted by atomic mass is 35.5. The van der Waals surface area contributed by atoms with Crippen molar-refractivity contribution in [1.82, 2.24) is 5.32 Å². The van der Waals surface area contributed by atoms with E-state index in [1.165, 1.54) is 0 Å². The zero-order valence-electron chi connectivity index (χ0n) is 5.36. The molecule has 3 nitrogen and oxygen atoms in total. The Morgan fingerprint density at radius 1 is 1.89 bits per heavy atom. The second kappa shape index (κ2) is 4.58. The van der Waals surface area contributed by atoms with Crippen molar-refractivity contribution in [3.8, 4) is 0 Å². The van der Waals surface area contributed by atoms with Gasteiger partial charge in [0.1, 0.15) is 5.88 Å². The molecule has 0 saturated carbocycles. The third-order valence-electron chi connectivity index (χ3n) is 0.743. The molecule has 0 spiro atoms. The first kappa shape index (κ1) is 8.72. The predicted molar refractivity (Wildman–Crippen MR) is 37.4 cm³/mol. The maximum atomic E-state index is 10.4. The first-order valence-electron chi connectivity index (χ1n) is 2.75. The largest absolute Gasteiger partial charge is 0.354 e. The van der Waals surface area contributed by atoms with E-state index in [1.807, 2.05) is 6.92 Å². The lowest BCUT2D eigenvalue weighted by atomic mass is 10.4. The molecule has 0 saturated heterocycles. The summed E-state index contributed by atoms with van der Waals surface area (Å²) >= 11 is 5.18. The van der Waals surface area contributed by atoms with E-state index in [1.54, 1.807) is 0 Å². The van der Waals surface area contributed by atoms with Crippen molar-refractivity contribution in [2.24, 2.45) is 5.73 Å². The fourth-order valence-corrected chi connectivity index (χ4v) is 0.417. The van der Waals surface area contributed by atoms with Gasteiger partial charge in [-0.05, 0) is 6.92 Å². The van der Waals surface area contributed by atoms with Gasteiger partial charge in [-0.1, -0.05) is 0 Å². The van der Waals surface area contributed by atoms with Crippen molar-refractivity contribution in [2.45, 2.75) is 13.0 Å². The number of halogens is 1. The van der Waals surface area contributed by atoms with Crippen LogP contribution in [0.5, 0.6) is 0 Å². The molecule has 1 atom stereocenters. The lowest BCUT2D eigenvalue weighted by Crippen LogP contribution is -2.35. The molecule has 0 aromatic heterocycles. The number of carbonyl (C=O) groups excluding carboxylic acids is 1. The summed E-state index contributed by atoms with van der Waals surface area (Å²) in [4.78, 5) is 10.4. The minimum absolute atomic E-state index is 0.00262. The van der Waals surface area contributed by atoms with Crippen molar-refractivity contribution >= 4 is 17.5 Å². The lowest BCUT2D eigenvalue weighted by Gasteiger charge is -2.04. The topological polar surface area (TPSA) is 55.1 Å². The minimum Gasteiger partial charge on any atom is -0.354 e. The molecule has 0 heterocycles. The fourth-order valence-electron chi connectivity index (χ4n) is 0.322. The van der Waals surface area contributed by atoms with Crippen molar-refractivity contribution in [1.29, 1.82) is 0 Å². The van der Waals surface area contributed by atoms with Gasteiger partial charge in [0.2, 0.25) is 5.91 Å². The smallest absolute Gasteiger partial charge is 0.234 e. The van der Waals surface area contributed by atoms with Gasteiger partial charge in [0.05, 0.1) is 0 Å². The number of rotatable bonds is 3. The standard InChI is InChI=1S/C5H11ClN2O/c1-4(7)3-8-5(9)2-6/h4H,2-3,7H2,1H3,(H,8,9). The third-order valence-corrected chi connectivity index (χ3v) is 0.985. The highest BCUT2D eigenvalue weighted by Gasteiger charge is 1.97. The number of hydrogen-bond donors (Lipinski definition) is 2. The van der Waals surface area contributed by atoms with Gasteiger partial charge in [-0.15, -0.1) is 11.6 Å². The van der Waals surface area contributed by atoms with Crippen LogP contribution in [0.2, 0.25) is 0 Å². The van der Waals surface area contributed by atoms with Crippen LogP contribution in [0.4, 0.5) is 0 Å². The van der Waals surface area contributed by atoms with Gasteiger partial charge in [0.25, 0.3) is 0 Å². The third kappa shape index (κ3) is 5.59. The zero-order valence-corrected chi connectivity index (χ0v) is 6.11. The molecule has 0 rings (SSSR count). The van der Waals surface area contributed by atoms with Crippen LogP contribution in [0.1, 0.15) is 6.92 Å². The molecule has 3 N–H and O–H groups in total. The van der Waals surface area contributed by atoms with Crippen LogP contribution in [0.3, 0.4) is 0 Å². The molecular formula is C5H11ClN2O. The Balaban J connectivity index is 3.17. The Morgan fingerprint density at radius 3 is 2.78 bits per heavy atom. The van der Waals surface area contributed by atoms with E-state index in [0.717, 1.165) is 0 Å². The summed E-state index contributed by atoms with van der Waals surface area (Å²) in [7, 11) is 0. The molecule has 0 aliphatic heterocycles. The maximum absolute atomic E-state index is 10.4. The molecular weight excluding hydrogens is 140 g/mol. The van der Waals surface area contributed by atoms with Gasteiger partial charge in [0.15, 0.2) is 0 Å². The fraction of sp³-hybridized carbons (Fsp3) is 0.800. The van der Waals surface area contributed by atoms with Crippen LogP contribution >= 0.6 is 11.6 Å². The highest BCUT2D eigenvalue weighted by molar-refractivity contribution is 6.27. The Labute approximate surface area is 59.6 Å². The summed E-state index contributed by atoms with van der Waals surface area (Å²) in [5, 5.41) is 2.54. The van der Waals surface area contributed by atoms with E-state index in [0.29, 0.717) is 6.54 Å². The summed E-state index contributed by atoms with van der Waals surface area (Å²) in [5.74, 6) is -0.166. The van der Waals surface area contributed by atoms with E-state index in [-0.39, 0.29) is 17.8 Å². The number of nitrogens with one attached hydrogen (secondary N) is 1. The molecule has 0 aliphatic carbocycles. The van der Waals surface area contributed by atoms with E-state index >= 15 is 0 Å². The molecule has 0 aromatic rings. The minimum atomic E-state index is -0.172. The number of amides is 1. The second-order valence-electron chi connectivity index (χ2n) is 1.91. The first-order chi connectivity index (χ1) is 4.16. The molecule has 54 valence electrons. The number of carbonyl (C=O) groups is 1. The van der Waals surface area contributed by atoms with Crippen LogP contribution < -0.4 is 11.1 Å². The summed E-state index contributed by atoms with van der Waals surface area (Å²) in [5.41, 5.74) is 5.34. The quantitative estimate of drug-likeness (QED) is 0.543. The van der Waals surface area contributed by atoms with Crippen molar-refractivity contribution < 1.29 is 4.79 Å². The molecule has 0 aliphatic rings. The molecule has 0 bridgehead atoms. The summed E-state index contributed by atoms with van der Waals surface area (Å²) in [6.07, 6.45) is 0. The average Bonchev–Trinajstić information content (AvgIpc) is 1.83. The van der Waals surface area contributed by atoms with Gasteiger partial charge in [-0.25, -0.2) is 0 Å². The monoisotopic (exact) mass is 150 g/mol. The lowest BCUT2D eigenvalue weighted by molar-refractivity contribution is -0.118. The number of nitrogens with two attached hydrogens (primary N) is 1. The second-order valence-corrected chi connectivity index (χ2v) is 2.18. The molecule has 0 fully saturated rings. The van der Waals surface area contributed by atoms with E-state index in [2.05, 4.69) is 5.32 Å². The van der Waals surface area contributed by atoms with Crippen LogP contribution in [0.15, 0.2) is 0 Å². The Kier molecular flexibility index (Phi) is 4.44. The van der Waals surface area contributed by atoms with Crippen LogP contribution in [0, 0.1) is 0 Å². The van der Waals surface area contributed by atoms with Crippen LogP contribution in [0.25, 0.3) is 0 Å². The normalized spacial score (nSPS) is 12.8. The number of alkyl halides is 1. The van der Waals surface area contributed by atoms with Crippen molar-refractivity contribution in [3.05, 3.63) is 0 Å². The molecule has 1 unspecified atom stereocenters. The van der Waals surface area contributed by atoms with Crippen molar-refractivity contribution in [2.75, 3.05) is 12.4 Å². The Hall–Kier alpha value is -0.280. The summed E-state index contributed by atoms with van der Waals surface area (Å²) in [6.45, 7) is 2.31. The van der Waals surface area contributed by atoms with Gasteiger partial charge in [-0.3, -0.25) is 4.79 Å². The average molecular weight is 151 g/mol. The molecule has 9 heavy (non-hydrogen) atoms. The van der Waals surface area contributed by atoms with Gasteiger partial charge in [0, 0.05) is 12.6 Å². The molecule has 0 aromatic carbocycles. The molecule has 1 amide bonds. The van der Waals surface area contributed by atoms with Gasteiger partial charge in [-0.2, -0.15) is 0 Å². The van der Waals surface area contributed by atoms with Gasteiger partial charge < -0.3 is 11.1 Å². The Morgan fingerprint density at radius 2 is 2.44 bits per heavy atom. The first-order valence-corrected chi connectivity index (χ1v) is 3.28. The number of hydrogen-bond acceptors (Lipinski definition) is 2. The van der Waals surface area contributed by atoms with Crippen LogP contribution in [-0.2, 0) is 4.79 Å². The van der Waals surface area contributed by atoms with E-state index in [9.17, 15) is 4.79 Å². The Bertz CT molecular complexity index is 95.0. The maximum Gasteiger partial charge on any atom is 0.234 e. The summed E-state index contributed by atoms with van der Waals surface area (Å²) in [6, 6.07) is -0.00262. The predicted octanol–water partition coefficient (Wildman–Crippen LogP) is -0.311. The SMILES string of the molecule is CC(N)CNC(=O)CCl. The zero-order chi connectivity index (χ0) is 7.28. The molecule has 4 heteroatoms. The van der Waals surface area contributed by atoms with E-state index in [4.69, 9.17) is 17.3 Å². The highest BCUT2D eigenvalue weighted by Crippen LogP contribution is 1.75. The molecule has 0 radical (unpaired) electrons. The summed E-state index contributed by atoms with van der Waals surface area (Å²) < 4.78 is 0. The van der Waals surface area contributed by atoms with E-state index < -0.39 is 0 Å².